The van der Waals surface area contributed by atoms with Crippen molar-refractivity contribution < 1.29 is 52.0 Å². The van der Waals surface area contributed by atoms with Gasteiger partial charge in [0.05, 0.1) is 22.1 Å². The van der Waals surface area contributed by atoms with Crippen LogP contribution in [-0.2, 0) is 19.1 Å². The number of ketones is 2. The number of Topliss-reactive ketones (excluding diaryl/α,β-unsaturated/α-hetero) is 1. The van der Waals surface area contributed by atoms with E-state index >= 15 is 4.79 Å². The predicted molar refractivity (Wildman–Crippen MR) is 141 cm³/mol. The summed E-state index contributed by atoms with van der Waals surface area (Å²) in [5, 5.41) is 10.3. The largest absolute Gasteiger partial charge is 0.469 e. The summed E-state index contributed by atoms with van der Waals surface area (Å²) in [6.07, 6.45) is -6.39. The lowest BCUT2D eigenvalue weighted by Gasteiger charge is -2.68. The first-order chi connectivity index (χ1) is 26.9. The Labute approximate surface area is 255 Å². The van der Waals surface area contributed by atoms with Crippen molar-refractivity contribution in [2.45, 2.75) is 92.9 Å². The van der Waals surface area contributed by atoms with Gasteiger partial charge in [0.1, 0.15) is 6.07 Å². The van der Waals surface area contributed by atoms with Crippen molar-refractivity contribution in [2.24, 2.45) is 50.2 Å². The van der Waals surface area contributed by atoms with Gasteiger partial charge in [0.15, 0.2) is 11.6 Å². The van der Waals surface area contributed by atoms with E-state index in [-0.39, 0.29) is 0 Å². The van der Waals surface area contributed by atoms with Crippen LogP contribution in [0.2, 0.25) is 0 Å². The van der Waals surface area contributed by atoms with Crippen molar-refractivity contribution in [1.29, 1.82) is 5.26 Å². The highest BCUT2D eigenvalue weighted by Gasteiger charge is 2.71. The summed E-state index contributed by atoms with van der Waals surface area (Å²) in [4.78, 5) is 43.7. The number of nitrogens with zero attached hydrogens (tertiary/aromatic N) is 1. The number of fused-ring (bicyclic) bond motifs is 7. The molecule has 0 N–H and O–H groups in total. The summed E-state index contributed by atoms with van der Waals surface area (Å²) < 4.78 is 212. The molecule has 37 heavy (non-hydrogen) atoms. The highest BCUT2D eigenvalue weighted by atomic mass is 16.5. The fourth-order valence-electron chi connectivity index (χ4n) is 8.02. The third-order valence-electron chi connectivity index (χ3n) is 9.91. The highest BCUT2D eigenvalue weighted by Crippen LogP contribution is 2.74. The molecule has 0 unspecified atom stereocenters. The van der Waals surface area contributed by atoms with Gasteiger partial charge in [0.2, 0.25) is 0 Å². The minimum atomic E-state index is -3.97. The quantitative estimate of drug-likeness (QED) is 0.368. The Hall–Kier alpha value is -2.22. The summed E-state index contributed by atoms with van der Waals surface area (Å²) >= 11 is 0. The molecule has 5 aliphatic rings. The standard InChI is InChI=1S/C32H43NO4/c1-27(2)11-13-32(26(36)37-8)14-12-31(7)24(20(32)17-27)21(34)15-23-29(5)16-19(18-33)25(35)28(3,4)22(29)9-10-30(23,31)6/h15-16,20,22,24H,9-14,17H2,1-8H3/t20-,22-,24-,29-,30+,31+,32-/m0/s1/i1D3,2D3,3D3,4D3,5D3,6D3,7D3,8D3. The molecule has 0 heterocycles. The number of ether oxygens (including phenoxy) is 1. The summed E-state index contributed by atoms with van der Waals surface area (Å²) in [5.41, 5.74) is -21.3. The molecule has 3 fully saturated rings. The van der Waals surface area contributed by atoms with E-state index in [0.717, 1.165) is 0 Å². The number of nitriles is 1. The van der Waals surface area contributed by atoms with Crippen molar-refractivity contribution in [3.05, 3.63) is 23.3 Å². The number of hydrogen-bond acceptors (Lipinski definition) is 5. The third-order valence-corrected chi connectivity index (χ3v) is 9.91. The maximum absolute atomic E-state index is 15.3. The van der Waals surface area contributed by atoms with Gasteiger partial charge in [0, 0.05) is 45.5 Å². The fraction of sp³-hybridized carbons (Fsp3) is 0.750. The Morgan fingerprint density at radius 2 is 1.86 bits per heavy atom. The highest BCUT2D eigenvalue weighted by molar-refractivity contribution is 6.04. The molecule has 0 aromatic heterocycles. The van der Waals surface area contributed by atoms with Crippen LogP contribution < -0.4 is 0 Å². The molecular weight excluding hydrogens is 462 g/mol. The lowest BCUT2D eigenvalue weighted by molar-refractivity contribution is -0.191. The molecule has 0 aromatic rings. The zero-order valence-corrected chi connectivity index (χ0v) is 19.9. The molecule has 5 nitrogen and oxygen atoms in total. The molecule has 0 bridgehead atoms. The SMILES string of the molecule is [2H]C([2H])([2H])OC(=O)[C@]12CCC(C([2H])([2H])[2H])(C([2H])([2H])[2H])C[C@H]1[C@H]1C(=O)C=C3[C@@]4(C([2H])([2H])[2H])C=C(C#N)C(=O)C(C([2H])([2H])[2H])(C([2H])([2H])[2H])[C@@H]4CC[C@@]3(C([2H])([2H])[2H])[C@]1(C([2H])([2H])[2H])CC2. The normalized spacial score (nSPS) is 58.0. The van der Waals surface area contributed by atoms with Crippen LogP contribution in [0, 0.1) is 61.6 Å². The van der Waals surface area contributed by atoms with E-state index in [2.05, 4.69) is 0 Å². The van der Waals surface area contributed by atoms with E-state index in [0.29, 0.717) is 12.2 Å². The van der Waals surface area contributed by atoms with Crippen molar-refractivity contribution in [2.75, 3.05) is 7.04 Å². The van der Waals surface area contributed by atoms with Crippen LogP contribution in [0.5, 0.6) is 0 Å². The summed E-state index contributed by atoms with van der Waals surface area (Å²) in [7, 11) is -3.49. The zero-order valence-electron chi connectivity index (χ0n) is 43.9. The number of carbonyl (C=O) groups is 3. The number of esters is 1. The van der Waals surface area contributed by atoms with Crippen LogP contribution in [0.3, 0.4) is 0 Å². The van der Waals surface area contributed by atoms with Gasteiger partial charge in [-0.2, -0.15) is 5.26 Å². The summed E-state index contributed by atoms with van der Waals surface area (Å²) in [6, 6.07) is 1.34. The van der Waals surface area contributed by atoms with E-state index in [1.54, 1.807) is 0 Å². The number of rotatable bonds is 1. The molecule has 3 saturated carbocycles. The Morgan fingerprint density at radius 3 is 2.51 bits per heavy atom. The van der Waals surface area contributed by atoms with E-state index in [1.807, 2.05) is 0 Å². The summed E-state index contributed by atoms with van der Waals surface area (Å²) in [6.45, 7) is -26.3. The van der Waals surface area contributed by atoms with Crippen LogP contribution in [0.1, 0.15) is 126 Å². The lowest BCUT2D eigenvalue weighted by Crippen LogP contribution is -2.65. The monoisotopic (exact) mass is 529 g/mol. The van der Waals surface area contributed by atoms with Gasteiger partial charge >= 0.3 is 5.97 Å². The number of methoxy groups -OCH3 is 1. The zero-order chi connectivity index (χ0) is 47.4. The smallest absolute Gasteiger partial charge is 0.312 e. The molecule has 200 valence electrons. The van der Waals surface area contributed by atoms with E-state index in [9.17, 15) is 23.1 Å². The van der Waals surface area contributed by atoms with Gasteiger partial charge in [-0.15, -0.1) is 0 Å². The van der Waals surface area contributed by atoms with Gasteiger partial charge in [-0.25, -0.2) is 0 Å². The van der Waals surface area contributed by atoms with Gasteiger partial charge in [0.25, 0.3) is 0 Å². The van der Waals surface area contributed by atoms with Crippen molar-refractivity contribution >= 4 is 17.5 Å². The van der Waals surface area contributed by atoms with Crippen LogP contribution >= 0.6 is 0 Å². The second kappa shape index (κ2) is 7.67. The van der Waals surface area contributed by atoms with E-state index in [1.165, 1.54) is 6.07 Å². The number of carbonyl (C=O) groups excluding carboxylic acids is 3. The molecule has 5 aliphatic carbocycles. The Bertz CT molecular complexity index is 1960. The van der Waals surface area contributed by atoms with Crippen molar-refractivity contribution in [1.82, 2.24) is 0 Å². The van der Waals surface area contributed by atoms with Crippen LogP contribution in [0.15, 0.2) is 23.3 Å². The minimum absolute atomic E-state index is 0.372. The minimum Gasteiger partial charge on any atom is -0.469 e. The van der Waals surface area contributed by atoms with Crippen LogP contribution in [0.4, 0.5) is 0 Å². The number of hydrogen-bond donors (Lipinski definition) is 0. The Morgan fingerprint density at radius 1 is 1.05 bits per heavy atom. The molecular formula is C32H43NO4. The Kier molecular flexibility index (Phi) is 2.09. The lowest BCUT2D eigenvalue weighted by atomic mass is 9.34. The van der Waals surface area contributed by atoms with Gasteiger partial charge in [-0.1, -0.05) is 59.6 Å². The first-order valence-corrected chi connectivity index (χ1v) is 12.1. The second-order valence-electron chi connectivity index (χ2n) is 11.5. The average molecular weight is 530 g/mol. The molecule has 0 spiro atoms. The molecule has 0 saturated heterocycles. The summed E-state index contributed by atoms with van der Waals surface area (Å²) in [5.74, 6) is -12.0. The molecule has 0 aromatic carbocycles. The maximum Gasteiger partial charge on any atom is 0.312 e. The maximum atomic E-state index is 15.3. The van der Waals surface area contributed by atoms with Crippen LogP contribution in [0.25, 0.3) is 0 Å². The van der Waals surface area contributed by atoms with Crippen LogP contribution in [-0.4, -0.2) is 24.6 Å². The number of allylic oxidation sites excluding steroid dienone is 4. The van der Waals surface area contributed by atoms with Crippen molar-refractivity contribution in [3.8, 4) is 6.07 Å². The van der Waals surface area contributed by atoms with E-state index in [4.69, 9.17) is 29.4 Å². The van der Waals surface area contributed by atoms with Gasteiger partial charge in [-0.3, -0.25) is 14.4 Å². The molecule has 7 atom stereocenters. The molecule has 0 radical (unpaired) electrons. The Balaban J connectivity index is 2.05. The fourth-order valence-corrected chi connectivity index (χ4v) is 8.02. The third kappa shape index (κ3) is 3.11. The average Bonchev–Trinajstić information content (AvgIpc) is 3.02. The predicted octanol–water partition coefficient (Wildman–Crippen LogP) is 6.38. The molecule has 0 amide bonds. The first kappa shape index (κ1) is 10.1. The van der Waals surface area contributed by atoms with Gasteiger partial charge in [-0.05, 0) is 79.1 Å². The second-order valence-corrected chi connectivity index (χ2v) is 11.5. The topological polar surface area (TPSA) is 84.2 Å². The molecule has 0 aliphatic heterocycles. The molecule has 5 rings (SSSR count). The van der Waals surface area contributed by atoms with E-state index < -0.39 is 179 Å². The first-order valence-electron chi connectivity index (χ1n) is 24.1. The van der Waals surface area contributed by atoms with Gasteiger partial charge < -0.3 is 4.74 Å². The van der Waals surface area contributed by atoms with Crippen molar-refractivity contribution in [3.63, 3.8) is 0 Å². The molecule has 5 heteroatoms.